The van der Waals surface area contributed by atoms with E-state index in [0.717, 1.165) is 27.5 Å². The van der Waals surface area contributed by atoms with Gasteiger partial charge in [-0.05, 0) is 48.4 Å². The van der Waals surface area contributed by atoms with Crippen molar-refractivity contribution in [2.24, 2.45) is 0 Å². The molecule has 0 unspecified atom stereocenters. The summed E-state index contributed by atoms with van der Waals surface area (Å²) in [4.78, 5) is 26.1. The van der Waals surface area contributed by atoms with Crippen molar-refractivity contribution >= 4 is 41.0 Å². The van der Waals surface area contributed by atoms with Crippen LogP contribution in [0.5, 0.6) is 0 Å². The monoisotopic (exact) mass is 374 g/mol. The van der Waals surface area contributed by atoms with E-state index in [0.29, 0.717) is 17.0 Å². The summed E-state index contributed by atoms with van der Waals surface area (Å²) in [5, 5.41) is 5.79. The maximum absolute atomic E-state index is 13.6. The molecule has 2 heterocycles. The molecular formula is C18H15FN2O2S2. The van der Waals surface area contributed by atoms with Gasteiger partial charge in [0, 0.05) is 21.1 Å². The van der Waals surface area contributed by atoms with E-state index >= 15 is 0 Å². The number of thioether (sulfide) groups is 2. The Bertz CT molecular complexity index is 872. The number of hydrogen-bond acceptors (Lipinski definition) is 4. The van der Waals surface area contributed by atoms with Gasteiger partial charge in [-0.15, -0.1) is 23.5 Å². The Morgan fingerprint density at radius 1 is 1.16 bits per heavy atom. The molecule has 0 saturated carbocycles. The number of carbonyl (C=O) groups excluding carboxylic acids is 2. The van der Waals surface area contributed by atoms with Gasteiger partial charge in [-0.3, -0.25) is 9.59 Å². The molecule has 2 aliphatic rings. The van der Waals surface area contributed by atoms with Crippen molar-refractivity contribution in [2.45, 2.75) is 22.3 Å². The second-order valence-corrected chi connectivity index (χ2v) is 8.05. The fourth-order valence-electron chi connectivity index (χ4n) is 2.98. The molecular weight excluding hydrogens is 359 g/mol. The number of nitrogens with one attached hydrogen (secondary N) is 2. The van der Waals surface area contributed by atoms with Crippen LogP contribution in [-0.2, 0) is 4.79 Å². The van der Waals surface area contributed by atoms with E-state index in [1.165, 1.54) is 23.9 Å². The van der Waals surface area contributed by atoms with E-state index in [1.807, 2.05) is 6.07 Å². The number of fused-ring (bicyclic) bond motifs is 2. The fraction of sp³-hybridized carbons (Fsp3) is 0.222. The third-order valence-electron chi connectivity index (χ3n) is 4.19. The molecule has 2 aliphatic heterocycles. The zero-order valence-electron chi connectivity index (χ0n) is 13.2. The third kappa shape index (κ3) is 3.39. The lowest BCUT2D eigenvalue weighted by Gasteiger charge is -2.26. The van der Waals surface area contributed by atoms with E-state index < -0.39 is 0 Å². The highest BCUT2D eigenvalue weighted by Gasteiger charge is 2.24. The van der Waals surface area contributed by atoms with Crippen LogP contribution in [0.4, 0.5) is 10.1 Å². The van der Waals surface area contributed by atoms with E-state index in [4.69, 9.17) is 0 Å². The molecule has 0 spiro atoms. The maximum Gasteiger partial charge on any atom is 0.251 e. The first-order valence-corrected chi connectivity index (χ1v) is 9.87. The Kier molecular flexibility index (Phi) is 4.43. The highest BCUT2D eigenvalue weighted by molar-refractivity contribution is 8.00. The second-order valence-electron chi connectivity index (χ2n) is 5.89. The quantitative estimate of drug-likeness (QED) is 0.839. The molecule has 2 N–H and O–H groups in total. The Morgan fingerprint density at radius 2 is 2.00 bits per heavy atom. The molecule has 2 aromatic rings. The van der Waals surface area contributed by atoms with Gasteiger partial charge < -0.3 is 10.6 Å². The zero-order valence-corrected chi connectivity index (χ0v) is 14.8. The smallest absolute Gasteiger partial charge is 0.251 e. The molecule has 0 fully saturated rings. The number of hydrogen-bond donors (Lipinski definition) is 2. The van der Waals surface area contributed by atoms with E-state index in [-0.39, 0.29) is 23.7 Å². The number of anilines is 1. The van der Waals surface area contributed by atoms with Crippen molar-refractivity contribution < 1.29 is 14.0 Å². The van der Waals surface area contributed by atoms with Crippen LogP contribution >= 0.6 is 23.5 Å². The predicted molar refractivity (Wildman–Crippen MR) is 97.7 cm³/mol. The van der Waals surface area contributed by atoms with Crippen molar-refractivity contribution in [2.75, 3.05) is 16.8 Å². The summed E-state index contributed by atoms with van der Waals surface area (Å²) in [5.41, 5.74) is 1.98. The van der Waals surface area contributed by atoms with Crippen molar-refractivity contribution in [3.8, 4) is 0 Å². The van der Waals surface area contributed by atoms with Crippen LogP contribution in [0, 0.1) is 5.82 Å². The van der Waals surface area contributed by atoms with E-state index in [1.54, 1.807) is 30.0 Å². The lowest BCUT2D eigenvalue weighted by atomic mass is 10.0. The van der Waals surface area contributed by atoms with Gasteiger partial charge in [0.15, 0.2) is 0 Å². The summed E-state index contributed by atoms with van der Waals surface area (Å²) in [7, 11) is 0. The summed E-state index contributed by atoms with van der Waals surface area (Å²) >= 11 is 3.13. The van der Waals surface area contributed by atoms with Crippen LogP contribution in [0.2, 0.25) is 0 Å². The average Bonchev–Trinajstić information content (AvgIpc) is 2.61. The molecule has 0 aromatic heterocycles. The van der Waals surface area contributed by atoms with Crippen molar-refractivity contribution in [3.63, 3.8) is 0 Å². The van der Waals surface area contributed by atoms with Gasteiger partial charge >= 0.3 is 0 Å². The van der Waals surface area contributed by atoms with Crippen LogP contribution in [0.15, 0.2) is 46.2 Å². The molecule has 0 bridgehead atoms. The highest BCUT2D eigenvalue weighted by Crippen LogP contribution is 2.37. The van der Waals surface area contributed by atoms with Crippen LogP contribution in [0.1, 0.15) is 28.4 Å². The Morgan fingerprint density at radius 3 is 2.88 bits per heavy atom. The zero-order chi connectivity index (χ0) is 17.4. The molecule has 4 nitrogen and oxygen atoms in total. The number of halogens is 1. The van der Waals surface area contributed by atoms with Crippen LogP contribution in [0.3, 0.4) is 0 Å². The minimum absolute atomic E-state index is 0.0660. The van der Waals surface area contributed by atoms with Gasteiger partial charge in [-0.2, -0.15) is 0 Å². The van der Waals surface area contributed by atoms with E-state index in [2.05, 4.69) is 10.6 Å². The molecule has 1 atom stereocenters. The molecule has 2 amide bonds. The Hall–Kier alpha value is -1.99. The molecule has 0 saturated heterocycles. The first-order chi connectivity index (χ1) is 12.1. The van der Waals surface area contributed by atoms with Crippen molar-refractivity contribution in [3.05, 3.63) is 53.3 Å². The molecule has 7 heteroatoms. The number of rotatable bonds is 2. The van der Waals surface area contributed by atoms with Crippen LogP contribution in [-0.4, -0.2) is 23.3 Å². The summed E-state index contributed by atoms with van der Waals surface area (Å²) in [6.45, 7) is 0. The molecule has 0 radical (unpaired) electrons. The summed E-state index contributed by atoms with van der Waals surface area (Å²) in [5.74, 6) is 0.679. The summed E-state index contributed by atoms with van der Waals surface area (Å²) in [6, 6.07) is 9.79. The minimum Gasteiger partial charge on any atom is -0.345 e. The number of amides is 2. The fourth-order valence-corrected chi connectivity index (χ4v) is 4.88. The SMILES string of the molecule is O=C1CSc2ccc(C(=O)N[C@@H]3CCSc4ccc(F)cc43)cc2N1. The highest BCUT2D eigenvalue weighted by atomic mass is 32.2. The Balaban J connectivity index is 1.56. The number of carbonyl (C=O) groups is 2. The third-order valence-corrected chi connectivity index (χ3v) is 6.39. The van der Waals surface area contributed by atoms with E-state index in [9.17, 15) is 14.0 Å². The lowest BCUT2D eigenvalue weighted by molar-refractivity contribution is -0.113. The first-order valence-electron chi connectivity index (χ1n) is 7.90. The largest absolute Gasteiger partial charge is 0.345 e. The molecule has 0 aliphatic carbocycles. The minimum atomic E-state index is -0.297. The normalized spacial score (nSPS) is 18.8. The van der Waals surface area contributed by atoms with Crippen molar-refractivity contribution in [1.82, 2.24) is 5.32 Å². The van der Waals surface area contributed by atoms with Gasteiger partial charge in [0.2, 0.25) is 5.91 Å². The topological polar surface area (TPSA) is 58.2 Å². The molecule has 128 valence electrons. The lowest BCUT2D eigenvalue weighted by Crippen LogP contribution is -2.31. The van der Waals surface area contributed by atoms with Crippen LogP contribution in [0.25, 0.3) is 0 Å². The standard InChI is InChI=1S/C18H15FN2O2S2/c19-11-2-4-15-12(8-11)13(5-6-24-15)21-18(23)10-1-3-16-14(7-10)20-17(22)9-25-16/h1-4,7-8,13H,5-6,9H2,(H,20,22)(H,21,23)/t13-/m1/s1. The van der Waals surface area contributed by atoms with Gasteiger partial charge in [0.25, 0.3) is 5.91 Å². The average molecular weight is 374 g/mol. The predicted octanol–water partition coefficient (Wildman–Crippen LogP) is 3.84. The molecule has 2 aromatic carbocycles. The van der Waals surface area contributed by atoms with Crippen molar-refractivity contribution in [1.29, 1.82) is 0 Å². The summed E-state index contributed by atoms with van der Waals surface area (Å²) < 4.78 is 13.6. The maximum atomic E-state index is 13.6. The summed E-state index contributed by atoms with van der Waals surface area (Å²) in [6.07, 6.45) is 0.754. The number of benzene rings is 2. The molecule has 4 rings (SSSR count). The second kappa shape index (κ2) is 6.72. The van der Waals surface area contributed by atoms with Gasteiger partial charge in [0.05, 0.1) is 17.5 Å². The van der Waals surface area contributed by atoms with Crippen LogP contribution < -0.4 is 10.6 Å². The Labute approximate surface area is 153 Å². The van der Waals surface area contributed by atoms with Gasteiger partial charge in [0.1, 0.15) is 5.82 Å². The molecule has 25 heavy (non-hydrogen) atoms. The first kappa shape index (κ1) is 16.5. The van der Waals surface area contributed by atoms with Gasteiger partial charge in [-0.1, -0.05) is 0 Å². The van der Waals surface area contributed by atoms with Gasteiger partial charge in [-0.25, -0.2) is 4.39 Å².